The van der Waals surface area contributed by atoms with Crippen LogP contribution in [0.25, 0.3) is 11.1 Å². The molecule has 0 saturated heterocycles. The van der Waals surface area contributed by atoms with E-state index >= 15 is 0 Å². The summed E-state index contributed by atoms with van der Waals surface area (Å²) in [6.45, 7) is 1.88. The van der Waals surface area contributed by atoms with Crippen molar-refractivity contribution >= 4 is 29.2 Å². The first-order valence-corrected chi connectivity index (χ1v) is 15.9. The van der Waals surface area contributed by atoms with E-state index in [9.17, 15) is 22.0 Å². The molecule has 0 unspecified atom stereocenters. The van der Waals surface area contributed by atoms with Gasteiger partial charge in [-0.3, -0.25) is 4.57 Å². The lowest BCUT2D eigenvalue weighted by Crippen LogP contribution is -2.31. The minimum atomic E-state index is -4.67. The second kappa shape index (κ2) is 13.2. The number of benzene rings is 4. The van der Waals surface area contributed by atoms with Gasteiger partial charge in [-0.15, -0.1) is 9.46 Å². The highest BCUT2D eigenvalue weighted by atomic mass is 35.5. The third-order valence-corrected chi connectivity index (χ3v) is 9.80. The van der Waals surface area contributed by atoms with Gasteiger partial charge in [0.05, 0.1) is 13.3 Å². The molecule has 7 nitrogen and oxygen atoms in total. The van der Waals surface area contributed by atoms with Gasteiger partial charge in [0.25, 0.3) is 0 Å². The van der Waals surface area contributed by atoms with Gasteiger partial charge in [-0.05, 0) is 62.0 Å². The zero-order valence-corrected chi connectivity index (χ0v) is 24.6. The van der Waals surface area contributed by atoms with Crippen molar-refractivity contribution in [1.82, 2.24) is 4.31 Å². The van der Waals surface area contributed by atoms with Crippen LogP contribution in [0.3, 0.4) is 0 Å². The maximum absolute atomic E-state index is 14.1. The van der Waals surface area contributed by atoms with Crippen molar-refractivity contribution in [3.05, 3.63) is 118 Å². The molecule has 4 aromatic rings. The van der Waals surface area contributed by atoms with Crippen LogP contribution >= 0.6 is 19.2 Å². The molecule has 41 heavy (non-hydrogen) atoms. The fourth-order valence-corrected chi connectivity index (χ4v) is 7.09. The second-order valence-corrected chi connectivity index (χ2v) is 13.4. The highest BCUT2D eigenvalue weighted by Crippen LogP contribution is 2.53. The molecule has 0 saturated carbocycles. The summed E-state index contributed by atoms with van der Waals surface area (Å²) in [6, 6.07) is 26.1. The molecule has 216 valence electrons. The van der Waals surface area contributed by atoms with Crippen LogP contribution in [0.4, 0.5) is 9.05 Å². The van der Waals surface area contributed by atoms with Crippen LogP contribution in [0.1, 0.15) is 22.3 Å². The predicted octanol–water partition coefficient (Wildman–Crippen LogP) is 8.21. The highest BCUT2D eigenvalue weighted by molar-refractivity contribution is 7.89. The Bertz CT molecular complexity index is 1660. The lowest BCUT2D eigenvalue weighted by atomic mass is 9.99. The molecular weight excluding hydrogens is 595 g/mol. The molecule has 4 aromatic carbocycles. The van der Waals surface area contributed by atoms with E-state index in [-0.39, 0.29) is 34.3 Å². The van der Waals surface area contributed by atoms with Crippen LogP contribution in [0.15, 0.2) is 95.9 Å². The fraction of sp³-hybridized carbons (Fsp3) is 0.172. The summed E-state index contributed by atoms with van der Waals surface area (Å²) in [5.74, 6) is 0.186. The van der Waals surface area contributed by atoms with Gasteiger partial charge in [0.2, 0.25) is 10.0 Å². The molecule has 0 heterocycles. The molecule has 0 amide bonds. The Morgan fingerprint density at radius 2 is 1.51 bits per heavy atom. The molecular formula is C29H27ClF2NO6PS. The van der Waals surface area contributed by atoms with Gasteiger partial charge in [0.1, 0.15) is 10.6 Å². The third kappa shape index (κ3) is 7.22. The summed E-state index contributed by atoms with van der Waals surface area (Å²) in [6.07, 6.45) is -0.758. The lowest BCUT2D eigenvalue weighted by molar-refractivity contribution is -0.0881. The van der Waals surface area contributed by atoms with Crippen molar-refractivity contribution in [3.8, 4) is 16.9 Å². The summed E-state index contributed by atoms with van der Waals surface area (Å²) in [4.78, 5) is -0.0147. The average Bonchev–Trinajstić information content (AvgIpc) is 2.98. The van der Waals surface area contributed by atoms with Crippen LogP contribution < -0.4 is 4.74 Å². The number of sulfonamides is 1. The van der Waals surface area contributed by atoms with E-state index < -0.39 is 23.8 Å². The molecule has 0 aliphatic carbocycles. The molecule has 4 rings (SSSR count). The standard InChI is InChI=1S/C29H27ClF2NO6PS/c1-21-11-14-23(15-12-21)26-8-4-3-7-24(26)19-33(41(35,36)29-10-6-5-9-28(29)37-2)18-22-13-16-25(27(30)17-22)20-40(34,38-31)39-32/h3-17H,18-20H2,1-2H3. The van der Waals surface area contributed by atoms with E-state index in [1.54, 1.807) is 18.2 Å². The van der Waals surface area contributed by atoms with E-state index in [4.69, 9.17) is 16.3 Å². The fourth-order valence-electron chi connectivity index (χ4n) is 4.35. The number of hydrogen-bond donors (Lipinski definition) is 0. The SMILES string of the molecule is COc1ccccc1S(=O)(=O)N(Cc1ccc(CP(=O)(OF)OF)c(Cl)c1)Cc1ccccc1-c1ccc(C)cc1. The first-order valence-electron chi connectivity index (χ1n) is 12.4. The zero-order chi connectivity index (χ0) is 29.6. The highest BCUT2D eigenvalue weighted by Gasteiger charge is 2.31. The molecule has 0 aliphatic heterocycles. The zero-order valence-electron chi connectivity index (χ0n) is 22.2. The normalized spacial score (nSPS) is 12.0. The van der Waals surface area contributed by atoms with Gasteiger partial charge in [0, 0.05) is 18.1 Å². The van der Waals surface area contributed by atoms with Crippen LogP contribution in [0.5, 0.6) is 5.75 Å². The first-order chi connectivity index (χ1) is 19.6. The van der Waals surface area contributed by atoms with Gasteiger partial charge in [-0.25, -0.2) is 8.42 Å². The van der Waals surface area contributed by atoms with Gasteiger partial charge in [0.15, 0.2) is 0 Å². The predicted molar refractivity (Wildman–Crippen MR) is 153 cm³/mol. The number of nitrogens with zero attached hydrogens (tertiary/aromatic N) is 1. The van der Waals surface area contributed by atoms with Gasteiger partial charge in [-0.1, -0.05) is 90.0 Å². The van der Waals surface area contributed by atoms with Crippen molar-refractivity contribution in [1.29, 1.82) is 0 Å². The Morgan fingerprint density at radius 1 is 0.854 bits per heavy atom. The number of ether oxygens (including phenoxy) is 1. The molecule has 0 radical (unpaired) electrons. The molecule has 0 N–H and O–H groups in total. The molecule has 0 aromatic heterocycles. The summed E-state index contributed by atoms with van der Waals surface area (Å²) in [5.41, 5.74) is 4.23. The molecule has 12 heteroatoms. The van der Waals surface area contributed by atoms with Gasteiger partial charge in [-0.2, -0.15) is 4.31 Å². The minimum absolute atomic E-state index is 0.00435. The Morgan fingerprint density at radius 3 is 2.17 bits per heavy atom. The molecule has 0 atom stereocenters. The Labute approximate surface area is 242 Å². The van der Waals surface area contributed by atoms with Crippen LogP contribution in [-0.2, 0) is 43.3 Å². The van der Waals surface area contributed by atoms with E-state index in [0.717, 1.165) is 22.3 Å². The Kier molecular flexibility index (Phi) is 9.96. The van der Waals surface area contributed by atoms with E-state index in [1.807, 2.05) is 55.5 Å². The molecule has 0 spiro atoms. The molecule has 0 fully saturated rings. The topological polar surface area (TPSA) is 82.1 Å². The van der Waals surface area contributed by atoms with Crippen LogP contribution in [-0.4, -0.2) is 19.8 Å². The number of methoxy groups -OCH3 is 1. The molecule has 0 aliphatic rings. The minimum Gasteiger partial charge on any atom is -0.495 e. The van der Waals surface area contributed by atoms with E-state index in [2.05, 4.69) is 9.46 Å². The Balaban J connectivity index is 1.76. The van der Waals surface area contributed by atoms with Crippen molar-refractivity contribution in [3.63, 3.8) is 0 Å². The average molecular weight is 622 g/mol. The summed E-state index contributed by atoms with van der Waals surface area (Å²) < 4.78 is 78.3. The summed E-state index contributed by atoms with van der Waals surface area (Å²) in [7, 11) is -7.40. The largest absolute Gasteiger partial charge is 0.495 e. The third-order valence-electron chi connectivity index (χ3n) is 6.46. The van der Waals surface area contributed by atoms with Crippen LogP contribution in [0, 0.1) is 6.92 Å². The number of para-hydroxylation sites is 1. The number of hydrogen-bond acceptors (Lipinski definition) is 6. The van der Waals surface area contributed by atoms with Crippen molar-refractivity contribution in [2.45, 2.75) is 31.1 Å². The maximum atomic E-state index is 14.1. The van der Waals surface area contributed by atoms with Crippen molar-refractivity contribution in [2.24, 2.45) is 0 Å². The number of aryl methyl sites for hydroxylation is 1. The van der Waals surface area contributed by atoms with E-state index in [0.29, 0.717) is 5.56 Å². The Hall–Kier alpha value is -3.11. The maximum Gasteiger partial charge on any atom is 0.399 e. The summed E-state index contributed by atoms with van der Waals surface area (Å²) in [5, 5.41) is 0.00604. The van der Waals surface area contributed by atoms with Crippen LogP contribution in [0.2, 0.25) is 5.02 Å². The summed E-state index contributed by atoms with van der Waals surface area (Å²) >= 11 is 6.32. The lowest BCUT2D eigenvalue weighted by Gasteiger charge is -2.25. The van der Waals surface area contributed by atoms with Gasteiger partial charge >= 0.3 is 7.60 Å². The van der Waals surface area contributed by atoms with E-state index in [1.165, 1.54) is 35.7 Å². The number of rotatable bonds is 12. The monoisotopic (exact) mass is 621 g/mol. The second-order valence-electron chi connectivity index (χ2n) is 9.28. The van der Waals surface area contributed by atoms with Gasteiger partial charge < -0.3 is 4.74 Å². The smallest absolute Gasteiger partial charge is 0.399 e. The number of halogens is 3. The first kappa shape index (κ1) is 30.8. The van der Waals surface area contributed by atoms with Crippen molar-refractivity contribution in [2.75, 3.05) is 7.11 Å². The van der Waals surface area contributed by atoms with Crippen molar-refractivity contribution < 1.29 is 36.2 Å². The molecule has 0 bridgehead atoms. The quantitative estimate of drug-likeness (QED) is 0.148.